The summed E-state index contributed by atoms with van der Waals surface area (Å²) in [7, 11) is 0. The van der Waals surface area contributed by atoms with Gasteiger partial charge in [0, 0.05) is 12.8 Å². The molecule has 2 aliphatic carbocycles. The summed E-state index contributed by atoms with van der Waals surface area (Å²) in [4.78, 5) is 0. The third-order valence-corrected chi connectivity index (χ3v) is 4.96. The fourth-order valence-electron chi connectivity index (χ4n) is 3.03. The lowest BCUT2D eigenvalue weighted by Crippen LogP contribution is -2.28. The normalized spacial score (nSPS) is 31.8. The highest BCUT2D eigenvalue weighted by atomic mass is 16.5. The van der Waals surface area contributed by atoms with E-state index in [1.54, 1.807) is 0 Å². The number of hydrogen-bond acceptors (Lipinski definition) is 1. The summed E-state index contributed by atoms with van der Waals surface area (Å²) in [5, 5.41) is 0. The van der Waals surface area contributed by atoms with Gasteiger partial charge in [0.15, 0.2) is 0 Å². The summed E-state index contributed by atoms with van der Waals surface area (Å²) in [6.07, 6.45) is 7.07. The van der Waals surface area contributed by atoms with Crippen LogP contribution in [-0.4, -0.2) is 12.2 Å². The topological polar surface area (TPSA) is 9.23 Å². The fraction of sp³-hybridized carbons (Fsp3) is 0.875. The summed E-state index contributed by atoms with van der Waals surface area (Å²) in [6, 6.07) is 0. The first kappa shape index (κ1) is 13.0. The SMILES string of the molecule is CCC(C)(CC)OCC1[C@H]2CCC#CCC[C@@H]12. The van der Waals surface area contributed by atoms with Gasteiger partial charge in [-0.3, -0.25) is 0 Å². The number of hydrogen-bond donors (Lipinski definition) is 0. The van der Waals surface area contributed by atoms with Gasteiger partial charge < -0.3 is 4.74 Å². The van der Waals surface area contributed by atoms with Crippen LogP contribution in [0.2, 0.25) is 0 Å². The molecule has 1 saturated carbocycles. The summed E-state index contributed by atoms with van der Waals surface area (Å²) in [6.45, 7) is 7.69. The minimum atomic E-state index is 0.106. The van der Waals surface area contributed by atoms with E-state index < -0.39 is 0 Å². The molecular weight excluding hydrogens is 208 g/mol. The van der Waals surface area contributed by atoms with Crippen LogP contribution in [-0.2, 0) is 4.74 Å². The van der Waals surface area contributed by atoms with Crippen molar-refractivity contribution < 1.29 is 4.74 Å². The van der Waals surface area contributed by atoms with E-state index in [1.807, 2.05) is 0 Å². The van der Waals surface area contributed by atoms with Crippen LogP contribution in [0.25, 0.3) is 0 Å². The average molecular weight is 234 g/mol. The zero-order valence-corrected chi connectivity index (χ0v) is 11.6. The second-order valence-corrected chi connectivity index (χ2v) is 5.89. The molecule has 3 atom stereocenters. The van der Waals surface area contributed by atoms with Gasteiger partial charge in [-0.05, 0) is 50.4 Å². The van der Waals surface area contributed by atoms with Gasteiger partial charge >= 0.3 is 0 Å². The van der Waals surface area contributed by atoms with E-state index in [-0.39, 0.29) is 5.60 Å². The van der Waals surface area contributed by atoms with E-state index in [0.717, 1.165) is 50.0 Å². The second kappa shape index (κ2) is 5.44. The molecule has 0 saturated heterocycles. The van der Waals surface area contributed by atoms with Gasteiger partial charge in [-0.1, -0.05) is 13.8 Å². The molecule has 0 radical (unpaired) electrons. The van der Waals surface area contributed by atoms with Gasteiger partial charge in [0.05, 0.1) is 12.2 Å². The van der Waals surface area contributed by atoms with Crippen LogP contribution in [0.1, 0.15) is 59.3 Å². The third kappa shape index (κ3) is 3.05. The monoisotopic (exact) mass is 234 g/mol. The number of fused-ring (bicyclic) bond motifs is 1. The molecular formula is C16H26O. The van der Waals surface area contributed by atoms with E-state index in [0.29, 0.717) is 0 Å². The van der Waals surface area contributed by atoms with Gasteiger partial charge in [-0.15, -0.1) is 11.8 Å². The fourth-order valence-corrected chi connectivity index (χ4v) is 3.03. The lowest BCUT2D eigenvalue weighted by atomic mass is 10.00. The summed E-state index contributed by atoms with van der Waals surface area (Å²) in [5.74, 6) is 9.20. The number of ether oxygens (including phenoxy) is 1. The van der Waals surface area contributed by atoms with E-state index in [9.17, 15) is 0 Å². The van der Waals surface area contributed by atoms with Crippen LogP contribution < -0.4 is 0 Å². The zero-order valence-electron chi connectivity index (χ0n) is 11.6. The minimum Gasteiger partial charge on any atom is -0.375 e. The summed E-state index contributed by atoms with van der Waals surface area (Å²) < 4.78 is 6.18. The standard InChI is InChI=1S/C16H26O/c1-4-16(3,5-2)17-12-15-13-10-8-6-7-9-11-14(13)15/h13-15H,4-5,8-12H2,1-3H3/t13-,14+,15?. The Labute approximate surface area is 106 Å². The predicted octanol–water partition coefficient (Wildman–Crippen LogP) is 4.02. The Bertz CT molecular complexity index is 287. The van der Waals surface area contributed by atoms with E-state index in [4.69, 9.17) is 4.74 Å². The highest BCUT2D eigenvalue weighted by Crippen LogP contribution is 2.52. The number of rotatable bonds is 5. The molecule has 0 aromatic carbocycles. The van der Waals surface area contributed by atoms with Crippen LogP contribution >= 0.6 is 0 Å². The van der Waals surface area contributed by atoms with Crippen molar-refractivity contribution in [3.05, 3.63) is 0 Å². The Kier molecular flexibility index (Phi) is 4.15. The molecule has 0 spiro atoms. The smallest absolute Gasteiger partial charge is 0.0649 e. The molecule has 17 heavy (non-hydrogen) atoms. The maximum absolute atomic E-state index is 6.18. The van der Waals surface area contributed by atoms with E-state index in [2.05, 4.69) is 32.6 Å². The minimum absolute atomic E-state index is 0.106. The van der Waals surface area contributed by atoms with Crippen molar-refractivity contribution >= 4 is 0 Å². The van der Waals surface area contributed by atoms with Crippen molar-refractivity contribution in [2.24, 2.45) is 17.8 Å². The molecule has 1 heteroatoms. The van der Waals surface area contributed by atoms with Crippen LogP contribution in [0, 0.1) is 29.6 Å². The molecule has 96 valence electrons. The van der Waals surface area contributed by atoms with Crippen LogP contribution in [0.3, 0.4) is 0 Å². The third-order valence-electron chi connectivity index (χ3n) is 4.96. The van der Waals surface area contributed by atoms with Crippen LogP contribution in [0.5, 0.6) is 0 Å². The van der Waals surface area contributed by atoms with Crippen molar-refractivity contribution in [3.63, 3.8) is 0 Å². The lowest BCUT2D eigenvalue weighted by Gasteiger charge is -2.27. The Balaban J connectivity index is 1.79. The van der Waals surface area contributed by atoms with E-state index in [1.165, 1.54) is 12.8 Å². The van der Waals surface area contributed by atoms with Crippen molar-refractivity contribution in [1.29, 1.82) is 0 Å². The molecule has 0 heterocycles. The predicted molar refractivity (Wildman–Crippen MR) is 71.7 cm³/mol. The average Bonchev–Trinajstić information content (AvgIpc) is 2.96. The van der Waals surface area contributed by atoms with Gasteiger partial charge in [0.1, 0.15) is 0 Å². The Morgan fingerprint density at radius 3 is 2.06 bits per heavy atom. The zero-order chi connectivity index (χ0) is 12.3. The molecule has 0 bridgehead atoms. The first-order valence-electron chi connectivity index (χ1n) is 7.30. The van der Waals surface area contributed by atoms with Gasteiger partial charge in [-0.25, -0.2) is 0 Å². The largest absolute Gasteiger partial charge is 0.375 e. The first-order valence-corrected chi connectivity index (χ1v) is 7.30. The first-order chi connectivity index (χ1) is 8.20. The molecule has 2 aliphatic rings. The van der Waals surface area contributed by atoms with Crippen molar-refractivity contribution in [2.45, 2.75) is 64.9 Å². The highest BCUT2D eigenvalue weighted by molar-refractivity contribution is 5.07. The lowest BCUT2D eigenvalue weighted by molar-refractivity contribution is -0.0449. The van der Waals surface area contributed by atoms with Crippen molar-refractivity contribution in [2.75, 3.05) is 6.61 Å². The van der Waals surface area contributed by atoms with E-state index >= 15 is 0 Å². The van der Waals surface area contributed by atoms with Crippen LogP contribution in [0.4, 0.5) is 0 Å². The van der Waals surface area contributed by atoms with Gasteiger partial charge in [-0.2, -0.15) is 0 Å². The molecule has 2 rings (SSSR count). The van der Waals surface area contributed by atoms with Crippen LogP contribution in [0.15, 0.2) is 0 Å². The maximum Gasteiger partial charge on any atom is 0.0649 e. The van der Waals surface area contributed by atoms with Gasteiger partial charge in [0.25, 0.3) is 0 Å². The molecule has 0 amide bonds. The summed E-state index contributed by atoms with van der Waals surface area (Å²) >= 11 is 0. The van der Waals surface area contributed by atoms with Crippen molar-refractivity contribution in [3.8, 4) is 11.8 Å². The molecule has 0 aliphatic heterocycles. The van der Waals surface area contributed by atoms with Gasteiger partial charge in [0.2, 0.25) is 0 Å². The molecule has 0 aromatic rings. The maximum atomic E-state index is 6.18. The quantitative estimate of drug-likeness (QED) is 0.653. The molecule has 0 aromatic heterocycles. The molecule has 1 nitrogen and oxygen atoms in total. The Hall–Kier alpha value is -0.480. The molecule has 0 N–H and O–H groups in total. The van der Waals surface area contributed by atoms with Crippen molar-refractivity contribution in [1.82, 2.24) is 0 Å². The Morgan fingerprint density at radius 1 is 1.06 bits per heavy atom. The highest BCUT2D eigenvalue weighted by Gasteiger charge is 2.49. The molecule has 1 fully saturated rings. The Morgan fingerprint density at radius 2 is 1.59 bits per heavy atom. The second-order valence-electron chi connectivity index (χ2n) is 5.89. The summed E-state index contributed by atoms with van der Waals surface area (Å²) in [5.41, 5.74) is 0.106. The molecule has 1 unspecified atom stereocenters.